The van der Waals surface area contributed by atoms with Crippen molar-refractivity contribution >= 4 is 16.9 Å². The van der Waals surface area contributed by atoms with E-state index in [1.807, 2.05) is 0 Å². The molecule has 0 unspecified atom stereocenters. The minimum absolute atomic E-state index is 0.0331. The van der Waals surface area contributed by atoms with Gasteiger partial charge in [0.1, 0.15) is 17.0 Å². The number of hydrogen-bond donors (Lipinski definition) is 2. The highest BCUT2D eigenvalue weighted by Crippen LogP contribution is 2.27. The van der Waals surface area contributed by atoms with Crippen molar-refractivity contribution in [2.24, 2.45) is 5.92 Å². The maximum Gasteiger partial charge on any atom is 0.268 e. The van der Waals surface area contributed by atoms with E-state index in [0.29, 0.717) is 36.6 Å². The van der Waals surface area contributed by atoms with E-state index in [-0.39, 0.29) is 29.5 Å². The third-order valence-corrected chi connectivity index (χ3v) is 7.27. The predicted octanol–water partition coefficient (Wildman–Crippen LogP) is 2.91. The maximum absolute atomic E-state index is 13.5. The molecule has 2 fully saturated rings. The van der Waals surface area contributed by atoms with Crippen molar-refractivity contribution in [2.75, 3.05) is 19.7 Å². The van der Waals surface area contributed by atoms with Gasteiger partial charge in [-0.25, -0.2) is 4.98 Å². The summed E-state index contributed by atoms with van der Waals surface area (Å²) in [6, 6.07) is 3.69. The summed E-state index contributed by atoms with van der Waals surface area (Å²) in [5, 5.41) is 14.3. The molecule has 2 aliphatic rings. The van der Waals surface area contributed by atoms with Crippen LogP contribution in [0, 0.1) is 5.92 Å². The van der Waals surface area contributed by atoms with Crippen LogP contribution < -0.4 is 10.9 Å². The van der Waals surface area contributed by atoms with Crippen LogP contribution in [0.5, 0.6) is 5.75 Å². The van der Waals surface area contributed by atoms with Gasteiger partial charge in [0.15, 0.2) is 0 Å². The Labute approximate surface area is 194 Å². The molecule has 2 atom stereocenters. The Kier molecular flexibility index (Phi) is 7.34. The number of rotatable bonds is 6. The van der Waals surface area contributed by atoms with Crippen LogP contribution in [-0.2, 0) is 11.3 Å². The number of pyridine rings is 2. The molecular weight excluding hydrogens is 420 g/mol. The Hall–Kier alpha value is -2.45. The number of carbonyl (C=O) groups excluding carboxylic acids is 1. The normalized spacial score (nSPS) is 26.4. The van der Waals surface area contributed by atoms with Crippen LogP contribution in [-0.4, -0.2) is 63.3 Å². The van der Waals surface area contributed by atoms with Gasteiger partial charge in [0.25, 0.3) is 11.5 Å². The lowest BCUT2D eigenvalue weighted by atomic mass is 9.87. The Morgan fingerprint density at radius 1 is 1.24 bits per heavy atom. The number of nitrogens with zero attached hydrogens (tertiary/aromatic N) is 3. The Morgan fingerprint density at radius 3 is 2.73 bits per heavy atom. The third-order valence-electron chi connectivity index (χ3n) is 7.27. The molecule has 33 heavy (non-hydrogen) atoms. The van der Waals surface area contributed by atoms with Crippen LogP contribution in [0.3, 0.4) is 0 Å². The average Bonchev–Trinajstić information content (AvgIpc) is 2.81. The molecule has 4 rings (SSSR count). The molecule has 1 amide bonds. The predicted molar refractivity (Wildman–Crippen MR) is 128 cm³/mol. The zero-order valence-corrected chi connectivity index (χ0v) is 19.9. The van der Waals surface area contributed by atoms with Gasteiger partial charge in [-0.15, -0.1) is 0 Å². The summed E-state index contributed by atoms with van der Waals surface area (Å²) in [6.07, 6.45) is 6.63. The van der Waals surface area contributed by atoms with Crippen LogP contribution in [0.2, 0.25) is 0 Å². The fraction of sp³-hybridized carbons (Fsp3) is 0.640. The summed E-state index contributed by atoms with van der Waals surface area (Å²) in [4.78, 5) is 33.3. The van der Waals surface area contributed by atoms with Gasteiger partial charge in [0, 0.05) is 37.9 Å². The van der Waals surface area contributed by atoms with Crippen molar-refractivity contribution in [3.05, 3.63) is 34.2 Å². The van der Waals surface area contributed by atoms with Crippen molar-refractivity contribution in [3.8, 4) is 5.75 Å². The van der Waals surface area contributed by atoms with Crippen LogP contribution in [0.4, 0.5) is 0 Å². The number of ether oxygens (including phenoxy) is 1. The molecule has 3 heterocycles. The summed E-state index contributed by atoms with van der Waals surface area (Å²) in [6.45, 7) is 8.94. The molecule has 8 heteroatoms. The van der Waals surface area contributed by atoms with Gasteiger partial charge in [-0.1, -0.05) is 13.8 Å². The highest BCUT2D eigenvalue weighted by atomic mass is 16.5. The molecule has 1 aliphatic carbocycles. The number of amides is 1. The zero-order chi connectivity index (χ0) is 23.5. The van der Waals surface area contributed by atoms with Crippen molar-refractivity contribution in [3.63, 3.8) is 0 Å². The number of morpholine rings is 1. The highest BCUT2D eigenvalue weighted by molar-refractivity contribution is 6.01. The van der Waals surface area contributed by atoms with E-state index >= 15 is 0 Å². The number of nitrogens with one attached hydrogen (secondary N) is 1. The van der Waals surface area contributed by atoms with E-state index in [0.717, 1.165) is 38.6 Å². The van der Waals surface area contributed by atoms with E-state index in [9.17, 15) is 14.7 Å². The lowest BCUT2D eigenvalue weighted by molar-refractivity contribution is -0.0599. The minimum Gasteiger partial charge on any atom is -0.506 e. The Morgan fingerprint density at radius 2 is 2.00 bits per heavy atom. The van der Waals surface area contributed by atoms with Crippen LogP contribution in [0.25, 0.3) is 11.0 Å². The summed E-state index contributed by atoms with van der Waals surface area (Å²) in [5.74, 6) is -0.125. The van der Waals surface area contributed by atoms with Crippen LogP contribution >= 0.6 is 0 Å². The van der Waals surface area contributed by atoms with Crippen molar-refractivity contribution in [1.82, 2.24) is 19.8 Å². The smallest absolute Gasteiger partial charge is 0.268 e. The molecule has 1 saturated heterocycles. The van der Waals surface area contributed by atoms with Crippen LogP contribution in [0.15, 0.2) is 23.1 Å². The lowest BCUT2D eigenvalue weighted by Crippen LogP contribution is -2.49. The second-order valence-electron chi connectivity index (χ2n) is 9.69. The number of carbonyl (C=O) groups is 1. The fourth-order valence-electron chi connectivity index (χ4n) is 5.00. The van der Waals surface area contributed by atoms with E-state index in [4.69, 9.17) is 4.74 Å². The van der Waals surface area contributed by atoms with Gasteiger partial charge in [-0.05, 0) is 57.1 Å². The van der Waals surface area contributed by atoms with Gasteiger partial charge >= 0.3 is 0 Å². The molecule has 8 nitrogen and oxygen atoms in total. The van der Waals surface area contributed by atoms with Gasteiger partial charge < -0.3 is 15.2 Å². The second-order valence-corrected chi connectivity index (χ2v) is 9.69. The van der Waals surface area contributed by atoms with Gasteiger partial charge in [-0.3, -0.25) is 19.1 Å². The topological polar surface area (TPSA) is 96.7 Å². The third kappa shape index (κ3) is 5.06. The van der Waals surface area contributed by atoms with E-state index in [1.165, 1.54) is 4.57 Å². The number of hydrogen-bond acceptors (Lipinski definition) is 6. The molecule has 0 radical (unpaired) electrons. The molecule has 0 bridgehead atoms. The summed E-state index contributed by atoms with van der Waals surface area (Å²) < 4.78 is 7.39. The highest BCUT2D eigenvalue weighted by Gasteiger charge is 2.28. The van der Waals surface area contributed by atoms with Crippen molar-refractivity contribution in [1.29, 1.82) is 0 Å². The minimum atomic E-state index is -0.498. The van der Waals surface area contributed by atoms with Crippen molar-refractivity contribution in [2.45, 2.75) is 77.6 Å². The summed E-state index contributed by atoms with van der Waals surface area (Å²) in [7, 11) is 0. The molecule has 1 saturated carbocycles. The SMILES string of the molecule is CC[C@H]1CN(CCn2c(=O)c(C(=O)NC3CCC(C)CC3)c(O)c3cccnc32)[C@@H](C)CO1. The first kappa shape index (κ1) is 23.7. The first-order valence-corrected chi connectivity index (χ1v) is 12.3. The molecule has 0 spiro atoms. The first-order chi connectivity index (χ1) is 15.9. The fourth-order valence-corrected chi connectivity index (χ4v) is 5.00. The summed E-state index contributed by atoms with van der Waals surface area (Å²) >= 11 is 0. The summed E-state index contributed by atoms with van der Waals surface area (Å²) in [5.41, 5.74) is -0.278. The average molecular weight is 457 g/mol. The maximum atomic E-state index is 13.5. The van der Waals surface area contributed by atoms with Crippen molar-refractivity contribution < 1.29 is 14.6 Å². The van der Waals surface area contributed by atoms with E-state index < -0.39 is 11.5 Å². The molecule has 180 valence electrons. The quantitative estimate of drug-likeness (QED) is 0.694. The molecule has 0 aromatic carbocycles. The standard InChI is InChI=1S/C25H36N4O4/c1-4-19-14-28(17(3)15-33-19)12-13-29-23-20(6-5-11-26-23)22(30)21(25(29)32)24(31)27-18-9-7-16(2)8-10-18/h5-6,11,16-19,30H,4,7-10,12-15H2,1-3H3,(H,27,31)/t16?,17-,18?,19-/m0/s1. The molecule has 2 N–H and O–H groups in total. The van der Waals surface area contributed by atoms with Gasteiger partial charge in [0.2, 0.25) is 0 Å². The molecule has 2 aromatic rings. The zero-order valence-electron chi connectivity index (χ0n) is 19.9. The van der Waals surface area contributed by atoms with E-state index in [1.54, 1.807) is 18.3 Å². The monoisotopic (exact) mass is 456 g/mol. The lowest BCUT2D eigenvalue weighted by Gasteiger charge is -2.37. The largest absolute Gasteiger partial charge is 0.506 e. The van der Waals surface area contributed by atoms with Crippen LogP contribution in [0.1, 0.15) is 63.2 Å². The number of aromatic hydroxyl groups is 1. The van der Waals surface area contributed by atoms with E-state index in [2.05, 4.69) is 36.0 Å². The van der Waals surface area contributed by atoms with Gasteiger partial charge in [0.05, 0.1) is 18.1 Å². The Bertz CT molecular complexity index is 1040. The molecule has 1 aliphatic heterocycles. The Balaban J connectivity index is 1.62. The molecule has 2 aromatic heterocycles. The first-order valence-electron chi connectivity index (χ1n) is 12.3. The second kappa shape index (κ2) is 10.2. The molecular formula is C25H36N4O4. The van der Waals surface area contributed by atoms with Gasteiger partial charge in [-0.2, -0.15) is 0 Å². The number of fused-ring (bicyclic) bond motifs is 1. The number of aromatic nitrogens is 2.